The zero-order chi connectivity index (χ0) is 14.3. The van der Waals surface area contributed by atoms with Gasteiger partial charge in [-0.2, -0.15) is 0 Å². The van der Waals surface area contributed by atoms with E-state index in [0.29, 0.717) is 5.75 Å². The second-order valence-corrected chi connectivity index (χ2v) is 5.53. The highest BCUT2D eigenvalue weighted by molar-refractivity contribution is 7.99. The smallest absolute Gasteiger partial charge is 0.230 e. The Morgan fingerprint density at radius 2 is 2.11 bits per heavy atom. The Morgan fingerprint density at radius 3 is 2.74 bits per heavy atom. The SMILES string of the molecule is Cc1ccccc1C(C)NC(=O)CSCC(O)CO. The summed E-state index contributed by atoms with van der Waals surface area (Å²) in [6.45, 7) is 3.70. The number of thioether (sulfide) groups is 1. The highest BCUT2D eigenvalue weighted by Gasteiger charge is 2.11. The predicted octanol–water partition coefficient (Wildman–Crippen LogP) is 1.26. The van der Waals surface area contributed by atoms with Crippen molar-refractivity contribution in [1.82, 2.24) is 5.32 Å². The van der Waals surface area contributed by atoms with Crippen LogP contribution in [0.5, 0.6) is 0 Å². The van der Waals surface area contributed by atoms with Gasteiger partial charge >= 0.3 is 0 Å². The zero-order valence-electron chi connectivity index (χ0n) is 11.3. The Balaban J connectivity index is 2.38. The number of nitrogens with one attached hydrogen (secondary N) is 1. The fraction of sp³-hybridized carbons (Fsp3) is 0.500. The fourth-order valence-electron chi connectivity index (χ4n) is 1.77. The molecule has 3 N–H and O–H groups in total. The summed E-state index contributed by atoms with van der Waals surface area (Å²) in [4.78, 5) is 11.7. The second-order valence-electron chi connectivity index (χ2n) is 4.50. The predicted molar refractivity (Wildman–Crippen MR) is 78.2 cm³/mol. The monoisotopic (exact) mass is 283 g/mol. The molecule has 0 aliphatic heterocycles. The molecule has 0 aliphatic carbocycles. The number of hydrogen-bond acceptors (Lipinski definition) is 4. The first-order valence-corrected chi connectivity index (χ1v) is 7.41. The Hall–Kier alpha value is -1.04. The Morgan fingerprint density at radius 1 is 1.42 bits per heavy atom. The van der Waals surface area contributed by atoms with Crippen molar-refractivity contribution in [3.05, 3.63) is 35.4 Å². The van der Waals surface area contributed by atoms with E-state index in [0.717, 1.165) is 11.1 Å². The van der Waals surface area contributed by atoms with Gasteiger partial charge in [-0.15, -0.1) is 11.8 Å². The molecule has 0 heterocycles. The number of benzene rings is 1. The number of carbonyl (C=O) groups excluding carboxylic acids is 1. The van der Waals surface area contributed by atoms with Gasteiger partial charge in [0.1, 0.15) is 0 Å². The first-order valence-electron chi connectivity index (χ1n) is 6.26. The third-order valence-corrected chi connectivity index (χ3v) is 3.87. The molecule has 0 aromatic heterocycles. The molecule has 2 unspecified atom stereocenters. The Labute approximate surface area is 118 Å². The molecule has 0 saturated carbocycles. The van der Waals surface area contributed by atoms with E-state index in [2.05, 4.69) is 5.32 Å². The van der Waals surface area contributed by atoms with Crippen molar-refractivity contribution in [2.45, 2.75) is 26.0 Å². The van der Waals surface area contributed by atoms with E-state index in [4.69, 9.17) is 10.2 Å². The van der Waals surface area contributed by atoms with E-state index in [1.807, 2.05) is 38.1 Å². The third kappa shape index (κ3) is 5.63. The van der Waals surface area contributed by atoms with Crippen LogP contribution in [-0.2, 0) is 4.79 Å². The maximum absolute atomic E-state index is 11.7. The molecule has 0 fully saturated rings. The number of amides is 1. The lowest BCUT2D eigenvalue weighted by atomic mass is 10.0. The van der Waals surface area contributed by atoms with Crippen molar-refractivity contribution in [3.8, 4) is 0 Å². The van der Waals surface area contributed by atoms with Crippen molar-refractivity contribution >= 4 is 17.7 Å². The summed E-state index contributed by atoms with van der Waals surface area (Å²) in [5, 5.41) is 20.8. The molecule has 1 amide bonds. The molecule has 106 valence electrons. The quantitative estimate of drug-likeness (QED) is 0.704. The Kier molecular flexibility index (Phi) is 6.91. The molecule has 1 rings (SSSR count). The van der Waals surface area contributed by atoms with E-state index in [1.165, 1.54) is 11.8 Å². The van der Waals surface area contributed by atoms with Crippen molar-refractivity contribution in [2.24, 2.45) is 0 Å². The number of aliphatic hydroxyl groups is 2. The second kappa shape index (κ2) is 8.19. The van der Waals surface area contributed by atoms with Crippen LogP contribution in [0.1, 0.15) is 24.1 Å². The molecule has 0 spiro atoms. The number of aliphatic hydroxyl groups excluding tert-OH is 2. The average Bonchev–Trinajstić information content (AvgIpc) is 2.38. The zero-order valence-corrected chi connectivity index (χ0v) is 12.1. The van der Waals surface area contributed by atoms with Crippen LogP contribution in [0, 0.1) is 6.92 Å². The molecular formula is C14H21NO3S. The lowest BCUT2D eigenvalue weighted by Gasteiger charge is -2.16. The normalized spacial score (nSPS) is 13.9. The van der Waals surface area contributed by atoms with Gasteiger partial charge in [0.2, 0.25) is 5.91 Å². The molecule has 1 aromatic carbocycles. The molecule has 1 aromatic rings. The molecule has 4 nitrogen and oxygen atoms in total. The Bertz CT molecular complexity index is 411. The first kappa shape index (κ1) is 16.0. The van der Waals surface area contributed by atoms with Gasteiger partial charge in [0.05, 0.1) is 24.5 Å². The maximum atomic E-state index is 11.7. The lowest BCUT2D eigenvalue weighted by Crippen LogP contribution is -2.29. The summed E-state index contributed by atoms with van der Waals surface area (Å²) >= 11 is 1.31. The van der Waals surface area contributed by atoms with E-state index in [-0.39, 0.29) is 24.3 Å². The molecule has 0 aliphatic rings. The molecule has 5 heteroatoms. The van der Waals surface area contributed by atoms with Crippen LogP contribution in [0.15, 0.2) is 24.3 Å². The van der Waals surface area contributed by atoms with Crippen molar-refractivity contribution in [2.75, 3.05) is 18.1 Å². The van der Waals surface area contributed by atoms with E-state index < -0.39 is 6.10 Å². The molecule has 0 bridgehead atoms. The van der Waals surface area contributed by atoms with Crippen LogP contribution in [-0.4, -0.2) is 40.3 Å². The molecule has 19 heavy (non-hydrogen) atoms. The van der Waals surface area contributed by atoms with Gasteiger partial charge in [0.15, 0.2) is 0 Å². The van der Waals surface area contributed by atoms with Crippen LogP contribution in [0.2, 0.25) is 0 Å². The van der Waals surface area contributed by atoms with Gasteiger partial charge in [0, 0.05) is 5.75 Å². The van der Waals surface area contributed by atoms with Crippen LogP contribution < -0.4 is 5.32 Å². The van der Waals surface area contributed by atoms with Gasteiger partial charge < -0.3 is 15.5 Å². The summed E-state index contributed by atoms with van der Waals surface area (Å²) in [7, 11) is 0. The summed E-state index contributed by atoms with van der Waals surface area (Å²) in [5.41, 5.74) is 2.26. The van der Waals surface area contributed by atoms with Gasteiger partial charge in [0.25, 0.3) is 0 Å². The molecule has 0 radical (unpaired) electrons. The number of carbonyl (C=O) groups is 1. The molecule has 0 saturated heterocycles. The minimum atomic E-state index is -0.758. The van der Waals surface area contributed by atoms with Crippen LogP contribution in [0.25, 0.3) is 0 Å². The minimum absolute atomic E-state index is 0.0305. The van der Waals surface area contributed by atoms with Gasteiger partial charge in [-0.1, -0.05) is 24.3 Å². The van der Waals surface area contributed by atoms with Gasteiger partial charge in [-0.05, 0) is 25.0 Å². The maximum Gasteiger partial charge on any atom is 0.230 e. The van der Waals surface area contributed by atoms with Crippen LogP contribution in [0.3, 0.4) is 0 Å². The van der Waals surface area contributed by atoms with Gasteiger partial charge in [-0.3, -0.25) is 4.79 Å². The van der Waals surface area contributed by atoms with Crippen molar-refractivity contribution in [1.29, 1.82) is 0 Å². The van der Waals surface area contributed by atoms with Crippen molar-refractivity contribution in [3.63, 3.8) is 0 Å². The fourth-order valence-corrected chi connectivity index (χ4v) is 2.54. The van der Waals surface area contributed by atoms with Crippen LogP contribution in [0.4, 0.5) is 0 Å². The standard InChI is InChI=1S/C14H21NO3S/c1-10-5-3-4-6-13(10)11(2)15-14(18)9-19-8-12(17)7-16/h3-6,11-12,16-17H,7-9H2,1-2H3,(H,15,18). The topological polar surface area (TPSA) is 69.6 Å². The molecule has 2 atom stereocenters. The summed E-state index contributed by atoms with van der Waals surface area (Å²) < 4.78 is 0. The summed E-state index contributed by atoms with van der Waals surface area (Å²) in [5.74, 6) is 0.585. The highest BCUT2D eigenvalue weighted by Crippen LogP contribution is 2.16. The number of rotatable bonds is 7. The lowest BCUT2D eigenvalue weighted by molar-refractivity contribution is -0.119. The molecular weight excluding hydrogens is 262 g/mol. The largest absolute Gasteiger partial charge is 0.394 e. The highest BCUT2D eigenvalue weighted by atomic mass is 32.2. The van der Waals surface area contributed by atoms with Crippen LogP contribution >= 0.6 is 11.8 Å². The summed E-state index contributed by atoms with van der Waals surface area (Å²) in [6.07, 6.45) is -0.758. The first-order chi connectivity index (χ1) is 9.04. The summed E-state index contributed by atoms with van der Waals surface area (Å²) in [6, 6.07) is 7.92. The average molecular weight is 283 g/mol. The number of hydrogen-bond donors (Lipinski definition) is 3. The van der Waals surface area contributed by atoms with Gasteiger partial charge in [-0.25, -0.2) is 0 Å². The van der Waals surface area contributed by atoms with E-state index in [9.17, 15) is 4.79 Å². The van der Waals surface area contributed by atoms with E-state index in [1.54, 1.807) is 0 Å². The van der Waals surface area contributed by atoms with E-state index >= 15 is 0 Å². The minimum Gasteiger partial charge on any atom is -0.394 e. The van der Waals surface area contributed by atoms with Crippen molar-refractivity contribution < 1.29 is 15.0 Å². The third-order valence-electron chi connectivity index (χ3n) is 2.79. The number of aryl methyl sites for hydroxylation is 1.